The van der Waals surface area contributed by atoms with Crippen LogP contribution in [0.25, 0.3) is 0 Å². The molecule has 1 amide bonds. The van der Waals surface area contributed by atoms with E-state index in [4.69, 9.17) is 0 Å². The summed E-state index contributed by atoms with van der Waals surface area (Å²) in [6.07, 6.45) is 0. The van der Waals surface area contributed by atoms with Crippen LogP contribution in [0.4, 0.5) is 0 Å². The van der Waals surface area contributed by atoms with E-state index >= 15 is 0 Å². The van der Waals surface area contributed by atoms with Crippen molar-refractivity contribution in [1.82, 2.24) is 10.2 Å². The van der Waals surface area contributed by atoms with Crippen LogP contribution in [0.1, 0.15) is 25.5 Å². The topological polar surface area (TPSA) is 72.8 Å². The van der Waals surface area contributed by atoms with Crippen molar-refractivity contribution in [3.8, 4) is 11.5 Å². The van der Waals surface area contributed by atoms with Crippen LogP contribution in [-0.2, 0) is 4.79 Å². The number of carbonyl (C=O) groups is 1. The molecule has 0 saturated heterocycles. The van der Waals surface area contributed by atoms with Crippen molar-refractivity contribution < 1.29 is 15.0 Å². The number of nitrogens with one attached hydrogen (secondary N) is 1. The van der Waals surface area contributed by atoms with Gasteiger partial charge >= 0.3 is 0 Å². The van der Waals surface area contributed by atoms with E-state index in [1.807, 2.05) is 25.8 Å². The molecule has 0 saturated carbocycles. The molecule has 19 heavy (non-hydrogen) atoms. The number of rotatable bonds is 5. The summed E-state index contributed by atoms with van der Waals surface area (Å²) in [6, 6.07) is 4.49. The average molecular weight is 266 g/mol. The Kier molecular flexibility index (Phi) is 5.18. The lowest BCUT2D eigenvalue weighted by atomic mass is 10.0. The Morgan fingerprint density at radius 3 is 2.32 bits per heavy atom. The largest absolute Gasteiger partial charge is 0.507 e. The zero-order valence-electron chi connectivity index (χ0n) is 11.8. The maximum Gasteiger partial charge on any atom is 0.223 e. The minimum atomic E-state index is -0.187. The van der Waals surface area contributed by atoms with E-state index in [1.165, 1.54) is 0 Å². The summed E-state index contributed by atoms with van der Waals surface area (Å²) in [6.45, 7) is 4.26. The molecule has 3 N–H and O–H groups in total. The molecule has 5 nitrogen and oxygen atoms in total. The highest BCUT2D eigenvalue weighted by molar-refractivity contribution is 5.78. The fourth-order valence-electron chi connectivity index (χ4n) is 2.11. The Balaban J connectivity index is 2.82. The lowest BCUT2D eigenvalue weighted by Crippen LogP contribution is -2.35. The van der Waals surface area contributed by atoms with Crippen molar-refractivity contribution in [2.75, 3.05) is 20.6 Å². The maximum atomic E-state index is 11.5. The van der Waals surface area contributed by atoms with E-state index in [9.17, 15) is 15.0 Å². The van der Waals surface area contributed by atoms with E-state index in [-0.39, 0.29) is 29.4 Å². The molecule has 0 bridgehead atoms. The second-order valence-electron chi connectivity index (χ2n) is 4.84. The number of amides is 1. The second-order valence-corrected chi connectivity index (χ2v) is 4.84. The van der Waals surface area contributed by atoms with Crippen molar-refractivity contribution in [1.29, 1.82) is 0 Å². The van der Waals surface area contributed by atoms with Gasteiger partial charge < -0.3 is 15.5 Å². The van der Waals surface area contributed by atoms with E-state index in [0.717, 1.165) is 0 Å². The first-order valence-electron chi connectivity index (χ1n) is 6.31. The van der Waals surface area contributed by atoms with E-state index in [0.29, 0.717) is 12.1 Å². The van der Waals surface area contributed by atoms with Crippen LogP contribution in [0, 0.1) is 5.92 Å². The summed E-state index contributed by atoms with van der Waals surface area (Å²) in [5.41, 5.74) is 0.481. The highest BCUT2D eigenvalue weighted by Gasteiger charge is 2.22. The standard InChI is InChI=1S/C14H22N2O3/c1-9(14(19)15-3)8-16(4)10(2)13-11(17)6-5-7-12(13)18/h5-7,9-10,17-18H,8H2,1-4H3,(H,15,19). The maximum absolute atomic E-state index is 11.5. The van der Waals surface area contributed by atoms with Gasteiger partial charge in [0.25, 0.3) is 0 Å². The molecule has 0 radical (unpaired) electrons. The Morgan fingerprint density at radius 2 is 1.84 bits per heavy atom. The highest BCUT2D eigenvalue weighted by atomic mass is 16.3. The lowest BCUT2D eigenvalue weighted by molar-refractivity contribution is -0.124. The number of nitrogens with zero attached hydrogens (tertiary/aromatic N) is 1. The number of carbonyl (C=O) groups excluding carboxylic acids is 1. The van der Waals surface area contributed by atoms with Gasteiger partial charge in [-0.1, -0.05) is 13.0 Å². The summed E-state index contributed by atoms with van der Waals surface area (Å²) < 4.78 is 0. The predicted molar refractivity (Wildman–Crippen MR) is 74.0 cm³/mol. The van der Waals surface area contributed by atoms with Crippen LogP contribution < -0.4 is 5.32 Å². The van der Waals surface area contributed by atoms with Crippen LogP contribution in [0.15, 0.2) is 18.2 Å². The van der Waals surface area contributed by atoms with Crippen molar-refractivity contribution in [3.05, 3.63) is 23.8 Å². The van der Waals surface area contributed by atoms with E-state index in [1.54, 1.807) is 25.2 Å². The second kappa shape index (κ2) is 6.43. The molecular formula is C14H22N2O3. The predicted octanol–water partition coefficient (Wildman–Crippen LogP) is 1.47. The van der Waals surface area contributed by atoms with Crippen LogP contribution in [0.2, 0.25) is 0 Å². The van der Waals surface area contributed by atoms with Crippen LogP contribution >= 0.6 is 0 Å². The van der Waals surface area contributed by atoms with Crippen LogP contribution in [-0.4, -0.2) is 41.7 Å². The average Bonchev–Trinajstić information content (AvgIpc) is 2.37. The van der Waals surface area contributed by atoms with E-state index in [2.05, 4.69) is 5.32 Å². The van der Waals surface area contributed by atoms with Crippen molar-refractivity contribution >= 4 is 5.91 Å². The molecule has 0 aliphatic rings. The van der Waals surface area contributed by atoms with Gasteiger partial charge in [0.2, 0.25) is 5.91 Å². The molecule has 0 fully saturated rings. The Hall–Kier alpha value is -1.75. The monoisotopic (exact) mass is 266 g/mol. The number of benzene rings is 1. The van der Waals surface area contributed by atoms with Gasteiger partial charge in [-0.25, -0.2) is 0 Å². The zero-order chi connectivity index (χ0) is 14.6. The third-order valence-electron chi connectivity index (χ3n) is 3.39. The molecule has 0 aliphatic carbocycles. The van der Waals surface area contributed by atoms with Crippen molar-refractivity contribution in [2.24, 2.45) is 5.92 Å². The first-order chi connectivity index (χ1) is 8.88. The molecule has 2 atom stereocenters. The summed E-state index contributed by atoms with van der Waals surface area (Å²) >= 11 is 0. The van der Waals surface area contributed by atoms with Crippen LogP contribution in [0.3, 0.4) is 0 Å². The number of aromatic hydroxyl groups is 2. The van der Waals surface area contributed by atoms with Crippen LogP contribution in [0.5, 0.6) is 11.5 Å². The minimum absolute atomic E-state index is 0.0273. The molecule has 1 aromatic rings. The summed E-state index contributed by atoms with van der Waals surface area (Å²) in [4.78, 5) is 13.4. The fourth-order valence-corrected chi connectivity index (χ4v) is 2.11. The van der Waals surface area contributed by atoms with Gasteiger partial charge in [0.1, 0.15) is 11.5 Å². The molecular weight excluding hydrogens is 244 g/mol. The first-order valence-corrected chi connectivity index (χ1v) is 6.31. The van der Waals surface area contributed by atoms with Crippen molar-refractivity contribution in [2.45, 2.75) is 19.9 Å². The van der Waals surface area contributed by atoms with Gasteiger partial charge in [-0.2, -0.15) is 0 Å². The molecule has 0 aromatic heterocycles. The van der Waals surface area contributed by atoms with Gasteiger partial charge in [-0.15, -0.1) is 0 Å². The summed E-state index contributed by atoms with van der Waals surface area (Å²) in [7, 11) is 3.47. The smallest absolute Gasteiger partial charge is 0.223 e. The lowest BCUT2D eigenvalue weighted by Gasteiger charge is -2.28. The molecule has 1 aromatic carbocycles. The molecule has 2 unspecified atom stereocenters. The number of hydrogen-bond acceptors (Lipinski definition) is 4. The number of phenolic OH excluding ortho intramolecular Hbond substituents is 2. The quantitative estimate of drug-likeness (QED) is 0.754. The van der Waals surface area contributed by atoms with Gasteiger partial charge in [0, 0.05) is 25.6 Å². The fraction of sp³-hybridized carbons (Fsp3) is 0.500. The number of phenols is 2. The number of hydrogen-bond donors (Lipinski definition) is 3. The third kappa shape index (κ3) is 3.61. The highest BCUT2D eigenvalue weighted by Crippen LogP contribution is 2.35. The first kappa shape index (κ1) is 15.3. The molecule has 0 spiro atoms. The molecule has 0 heterocycles. The summed E-state index contributed by atoms with van der Waals surface area (Å²) in [5, 5.41) is 22.3. The van der Waals surface area contributed by atoms with Gasteiger partial charge in [-0.3, -0.25) is 9.69 Å². The Morgan fingerprint density at radius 1 is 1.32 bits per heavy atom. The Bertz CT molecular complexity index is 428. The summed E-state index contributed by atoms with van der Waals surface area (Å²) in [5.74, 6) is -0.0649. The Labute approximate surface area is 113 Å². The van der Waals surface area contributed by atoms with Gasteiger partial charge in [-0.05, 0) is 26.1 Å². The van der Waals surface area contributed by atoms with E-state index < -0.39 is 0 Å². The molecule has 1 rings (SSSR count). The molecule has 0 aliphatic heterocycles. The van der Waals surface area contributed by atoms with Gasteiger partial charge in [0.15, 0.2) is 0 Å². The van der Waals surface area contributed by atoms with Crippen molar-refractivity contribution in [3.63, 3.8) is 0 Å². The third-order valence-corrected chi connectivity index (χ3v) is 3.39. The minimum Gasteiger partial charge on any atom is -0.507 e. The molecule has 5 heteroatoms. The SMILES string of the molecule is CNC(=O)C(C)CN(C)C(C)c1c(O)cccc1O. The zero-order valence-corrected chi connectivity index (χ0v) is 11.8. The normalized spacial score (nSPS) is 14.2. The molecule has 106 valence electrons. The van der Waals surface area contributed by atoms with Gasteiger partial charge in [0.05, 0.1) is 5.56 Å².